The fourth-order valence-corrected chi connectivity index (χ4v) is 4.64. The van der Waals surface area contributed by atoms with Crippen LogP contribution in [0, 0.1) is 6.92 Å². The molecule has 1 fully saturated rings. The van der Waals surface area contributed by atoms with Gasteiger partial charge in [0, 0.05) is 29.2 Å². The molecule has 0 unspecified atom stereocenters. The number of fused-ring (bicyclic) bond motifs is 1. The highest BCUT2D eigenvalue weighted by atomic mass is 16.5. The van der Waals surface area contributed by atoms with E-state index in [9.17, 15) is 14.4 Å². The van der Waals surface area contributed by atoms with E-state index in [1.165, 1.54) is 0 Å². The maximum Gasteiger partial charge on any atom is 0.335 e. The van der Waals surface area contributed by atoms with Gasteiger partial charge in [-0.05, 0) is 61.2 Å². The van der Waals surface area contributed by atoms with Gasteiger partial charge in [-0.15, -0.1) is 0 Å². The number of hydrogen-bond acceptors (Lipinski definition) is 4. The SMILES string of the molecule is CCc1ccc(N2C(=O)NC(=O)/C(=C\c3cn(CCCOc4ccccc4C)c4ccccc34)C2=O)cc1. The molecular weight excluding hydrogens is 478 g/mol. The van der Waals surface area contributed by atoms with Crippen molar-refractivity contribution < 1.29 is 19.1 Å². The number of benzene rings is 3. The molecule has 1 aliphatic rings. The number of rotatable bonds is 8. The van der Waals surface area contributed by atoms with E-state index < -0.39 is 17.8 Å². The molecule has 0 bridgehead atoms. The van der Waals surface area contributed by atoms with Crippen LogP contribution in [-0.4, -0.2) is 29.0 Å². The van der Waals surface area contributed by atoms with Crippen molar-refractivity contribution in [2.45, 2.75) is 33.2 Å². The number of ether oxygens (including phenoxy) is 1. The van der Waals surface area contributed by atoms with Crippen molar-refractivity contribution in [3.8, 4) is 5.75 Å². The Morgan fingerprint density at radius 1 is 0.921 bits per heavy atom. The number of carbonyl (C=O) groups is 3. The summed E-state index contributed by atoms with van der Waals surface area (Å²) in [5.41, 5.74) is 4.23. The third-order valence-corrected chi connectivity index (χ3v) is 6.72. The normalized spacial score (nSPS) is 14.8. The highest BCUT2D eigenvalue weighted by Crippen LogP contribution is 2.27. The Morgan fingerprint density at radius 3 is 2.42 bits per heavy atom. The summed E-state index contributed by atoms with van der Waals surface area (Å²) in [6.07, 6.45) is 5.12. The summed E-state index contributed by atoms with van der Waals surface area (Å²) in [5, 5.41) is 3.22. The van der Waals surface area contributed by atoms with Crippen molar-refractivity contribution in [3.05, 3.63) is 101 Å². The molecule has 0 atom stereocenters. The van der Waals surface area contributed by atoms with E-state index in [0.717, 1.165) is 51.1 Å². The van der Waals surface area contributed by atoms with Crippen LogP contribution in [0.3, 0.4) is 0 Å². The zero-order chi connectivity index (χ0) is 26.6. The fraction of sp³-hybridized carbons (Fsp3) is 0.194. The predicted molar refractivity (Wildman–Crippen MR) is 148 cm³/mol. The summed E-state index contributed by atoms with van der Waals surface area (Å²) in [6, 6.07) is 22.2. The van der Waals surface area contributed by atoms with E-state index in [-0.39, 0.29) is 5.57 Å². The van der Waals surface area contributed by atoms with Gasteiger partial charge in [0.15, 0.2) is 0 Å². The Hall–Kier alpha value is -4.65. The van der Waals surface area contributed by atoms with Crippen LogP contribution in [0.5, 0.6) is 5.75 Å². The first kappa shape index (κ1) is 25.0. The standard InChI is InChI=1S/C31H29N3O4/c1-3-22-13-15-24(16-14-22)34-30(36)26(29(35)32-31(34)37)19-23-20-33(27-11-6-5-10-25(23)27)17-8-18-38-28-12-7-4-9-21(28)2/h4-7,9-16,19-20H,3,8,17-18H2,1-2H3,(H,32,35,37)/b26-19+. The Kier molecular flexibility index (Phi) is 7.09. The first-order valence-corrected chi connectivity index (χ1v) is 12.7. The van der Waals surface area contributed by atoms with E-state index >= 15 is 0 Å². The number of para-hydroxylation sites is 2. The molecule has 0 radical (unpaired) electrons. The van der Waals surface area contributed by atoms with Gasteiger partial charge in [0.05, 0.1) is 12.3 Å². The average Bonchev–Trinajstić information content (AvgIpc) is 3.27. The lowest BCUT2D eigenvalue weighted by Gasteiger charge is -2.26. The maximum atomic E-state index is 13.4. The van der Waals surface area contributed by atoms with Gasteiger partial charge in [0.2, 0.25) is 0 Å². The van der Waals surface area contributed by atoms with Gasteiger partial charge in [-0.1, -0.05) is 55.5 Å². The molecule has 5 rings (SSSR count). The highest BCUT2D eigenvalue weighted by Gasteiger charge is 2.37. The number of nitrogens with one attached hydrogen (secondary N) is 1. The molecule has 1 saturated heterocycles. The second kappa shape index (κ2) is 10.8. The molecule has 7 heteroatoms. The Bertz CT molecular complexity index is 1550. The van der Waals surface area contributed by atoms with Gasteiger partial charge in [-0.2, -0.15) is 0 Å². The molecule has 3 aromatic carbocycles. The van der Waals surface area contributed by atoms with Gasteiger partial charge < -0.3 is 9.30 Å². The van der Waals surface area contributed by atoms with Gasteiger partial charge in [-0.25, -0.2) is 9.69 Å². The van der Waals surface area contributed by atoms with Gasteiger partial charge in [0.1, 0.15) is 11.3 Å². The van der Waals surface area contributed by atoms with Crippen LogP contribution in [-0.2, 0) is 22.6 Å². The minimum Gasteiger partial charge on any atom is -0.493 e. The number of amides is 4. The third kappa shape index (κ3) is 4.95. The van der Waals surface area contributed by atoms with Crippen LogP contribution in [0.4, 0.5) is 10.5 Å². The Morgan fingerprint density at radius 2 is 1.66 bits per heavy atom. The van der Waals surface area contributed by atoms with E-state index in [4.69, 9.17) is 4.74 Å². The number of nitrogens with zero attached hydrogens (tertiary/aromatic N) is 2. The van der Waals surface area contributed by atoms with E-state index in [0.29, 0.717) is 18.8 Å². The number of anilines is 1. The first-order chi connectivity index (χ1) is 18.5. The number of aromatic nitrogens is 1. The summed E-state index contributed by atoms with van der Waals surface area (Å²) >= 11 is 0. The van der Waals surface area contributed by atoms with E-state index in [2.05, 4.69) is 9.88 Å². The molecule has 0 aliphatic carbocycles. The van der Waals surface area contributed by atoms with Crippen molar-refractivity contribution in [1.29, 1.82) is 0 Å². The Labute approximate surface area is 221 Å². The minimum absolute atomic E-state index is 0.0880. The van der Waals surface area contributed by atoms with Crippen molar-refractivity contribution in [2.75, 3.05) is 11.5 Å². The summed E-state index contributed by atoms with van der Waals surface area (Å²) in [5.74, 6) is -0.475. The maximum absolute atomic E-state index is 13.4. The first-order valence-electron chi connectivity index (χ1n) is 12.7. The van der Waals surface area contributed by atoms with Crippen LogP contribution in [0.2, 0.25) is 0 Å². The summed E-state index contributed by atoms with van der Waals surface area (Å²) in [4.78, 5) is 39.7. The van der Waals surface area contributed by atoms with Crippen molar-refractivity contribution >= 4 is 40.5 Å². The topological polar surface area (TPSA) is 80.6 Å². The van der Waals surface area contributed by atoms with Crippen LogP contribution in [0.1, 0.15) is 30.0 Å². The average molecular weight is 508 g/mol. The van der Waals surface area contributed by atoms with Crippen LogP contribution >= 0.6 is 0 Å². The lowest BCUT2D eigenvalue weighted by Crippen LogP contribution is -2.54. The number of aryl methyl sites for hydroxylation is 3. The quantitative estimate of drug-likeness (QED) is 0.190. The number of imide groups is 2. The molecule has 1 N–H and O–H groups in total. The van der Waals surface area contributed by atoms with Gasteiger partial charge >= 0.3 is 6.03 Å². The molecule has 2 heterocycles. The van der Waals surface area contributed by atoms with Crippen molar-refractivity contribution in [2.24, 2.45) is 0 Å². The molecule has 38 heavy (non-hydrogen) atoms. The number of carbonyl (C=O) groups excluding carboxylic acids is 3. The smallest absolute Gasteiger partial charge is 0.335 e. The zero-order valence-corrected chi connectivity index (χ0v) is 21.4. The number of barbiturate groups is 1. The second-order valence-corrected chi connectivity index (χ2v) is 9.24. The molecular formula is C31H29N3O4. The summed E-state index contributed by atoms with van der Waals surface area (Å²) < 4.78 is 8.04. The van der Waals surface area contributed by atoms with Crippen molar-refractivity contribution in [3.63, 3.8) is 0 Å². The molecule has 4 aromatic rings. The Balaban J connectivity index is 1.40. The summed E-state index contributed by atoms with van der Waals surface area (Å²) in [7, 11) is 0. The van der Waals surface area contributed by atoms with Crippen LogP contribution < -0.4 is 15.0 Å². The second-order valence-electron chi connectivity index (χ2n) is 9.24. The van der Waals surface area contributed by atoms with E-state index in [1.807, 2.05) is 80.7 Å². The van der Waals surface area contributed by atoms with Gasteiger partial charge in [0.25, 0.3) is 11.8 Å². The fourth-order valence-electron chi connectivity index (χ4n) is 4.64. The number of urea groups is 1. The number of hydrogen-bond donors (Lipinski definition) is 1. The largest absolute Gasteiger partial charge is 0.493 e. The lowest BCUT2D eigenvalue weighted by atomic mass is 10.1. The minimum atomic E-state index is -0.752. The summed E-state index contributed by atoms with van der Waals surface area (Å²) in [6.45, 7) is 5.31. The van der Waals surface area contributed by atoms with Crippen molar-refractivity contribution in [1.82, 2.24) is 9.88 Å². The molecule has 4 amide bonds. The predicted octanol–water partition coefficient (Wildman–Crippen LogP) is 5.65. The van der Waals surface area contributed by atoms with E-state index in [1.54, 1.807) is 18.2 Å². The molecule has 7 nitrogen and oxygen atoms in total. The van der Waals surface area contributed by atoms with Gasteiger partial charge in [-0.3, -0.25) is 14.9 Å². The third-order valence-electron chi connectivity index (χ3n) is 6.72. The van der Waals surface area contributed by atoms with Crippen LogP contribution in [0.15, 0.2) is 84.6 Å². The lowest BCUT2D eigenvalue weighted by molar-refractivity contribution is -0.122. The molecule has 0 spiro atoms. The molecule has 1 aromatic heterocycles. The van der Waals surface area contributed by atoms with Crippen LogP contribution in [0.25, 0.3) is 17.0 Å². The highest BCUT2D eigenvalue weighted by molar-refractivity contribution is 6.39. The molecule has 1 aliphatic heterocycles. The molecule has 192 valence electrons. The zero-order valence-electron chi connectivity index (χ0n) is 21.4. The monoisotopic (exact) mass is 507 g/mol. The molecule has 0 saturated carbocycles.